The van der Waals surface area contributed by atoms with Crippen molar-refractivity contribution in [3.8, 4) is 0 Å². The number of aryl methyl sites for hydroxylation is 1. The number of carbonyl (C=O) groups is 1. The number of carbonyl (C=O) groups excluding carboxylic acids is 1. The Kier molecular flexibility index (Phi) is 7.56. The number of hydrogen-bond donors (Lipinski definition) is 1. The Labute approximate surface area is 167 Å². The van der Waals surface area contributed by atoms with Crippen LogP contribution in [0.1, 0.15) is 48.1 Å². The van der Waals surface area contributed by atoms with E-state index in [1.165, 1.54) is 0 Å². The zero-order valence-electron chi connectivity index (χ0n) is 16.9. The van der Waals surface area contributed by atoms with Crippen molar-refractivity contribution in [3.05, 3.63) is 47.5 Å². The summed E-state index contributed by atoms with van der Waals surface area (Å²) in [6, 6.07) is 7.99. The number of rotatable bonds is 8. The summed E-state index contributed by atoms with van der Waals surface area (Å²) < 4.78 is 7.17. The molecule has 0 spiro atoms. The quantitative estimate of drug-likeness (QED) is 0.707. The van der Waals surface area contributed by atoms with Crippen molar-refractivity contribution in [1.29, 1.82) is 0 Å². The molecule has 7 heteroatoms. The lowest BCUT2D eigenvalue weighted by Crippen LogP contribution is -2.43. The zero-order chi connectivity index (χ0) is 19.8. The Morgan fingerprint density at radius 1 is 1.36 bits per heavy atom. The number of hydrogen-bond acceptors (Lipinski definition) is 5. The van der Waals surface area contributed by atoms with Gasteiger partial charge in [-0.1, -0.05) is 12.5 Å². The van der Waals surface area contributed by atoms with Crippen molar-refractivity contribution in [1.82, 2.24) is 25.0 Å². The molecule has 1 N–H and O–H groups in total. The van der Waals surface area contributed by atoms with E-state index in [-0.39, 0.29) is 11.9 Å². The van der Waals surface area contributed by atoms with Crippen molar-refractivity contribution >= 4 is 5.91 Å². The summed E-state index contributed by atoms with van der Waals surface area (Å²) in [7, 11) is 0. The molecule has 28 heavy (non-hydrogen) atoms. The summed E-state index contributed by atoms with van der Waals surface area (Å²) in [6.45, 7) is 8.37. The van der Waals surface area contributed by atoms with Crippen LogP contribution in [0.15, 0.2) is 30.5 Å². The number of ether oxygens (including phenoxy) is 1. The molecule has 0 saturated carbocycles. The summed E-state index contributed by atoms with van der Waals surface area (Å²) in [4.78, 5) is 19.7. The van der Waals surface area contributed by atoms with Crippen molar-refractivity contribution < 1.29 is 9.53 Å². The number of amides is 1. The van der Waals surface area contributed by atoms with Crippen LogP contribution in [-0.2, 0) is 17.8 Å². The van der Waals surface area contributed by atoms with Gasteiger partial charge in [-0.15, -0.1) is 0 Å². The molecule has 1 amide bonds. The maximum atomic E-state index is 12.9. The van der Waals surface area contributed by atoms with E-state index >= 15 is 0 Å². The lowest BCUT2D eigenvalue weighted by molar-refractivity contribution is 0.0907. The molecule has 3 rings (SSSR count). The van der Waals surface area contributed by atoms with Gasteiger partial charge < -0.3 is 10.1 Å². The number of likely N-dealkylation sites (tertiary alicyclic amines) is 1. The van der Waals surface area contributed by atoms with Gasteiger partial charge >= 0.3 is 0 Å². The molecule has 0 aromatic carbocycles. The second kappa shape index (κ2) is 10.3. The topological polar surface area (TPSA) is 72.3 Å². The van der Waals surface area contributed by atoms with Gasteiger partial charge in [0, 0.05) is 31.9 Å². The van der Waals surface area contributed by atoms with Gasteiger partial charge in [0.1, 0.15) is 5.69 Å². The highest BCUT2D eigenvalue weighted by Crippen LogP contribution is 2.14. The van der Waals surface area contributed by atoms with Crippen molar-refractivity contribution in [2.75, 3.05) is 26.3 Å². The van der Waals surface area contributed by atoms with Crippen LogP contribution in [0.3, 0.4) is 0 Å². The molecule has 2 aromatic heterocycles. The summed E-state index contributed by atoms with van der Waals surface area (Å²) >= 11 is 0. The number of pyridine rings is 1. The molecule has 0 radical (unpaired) electrons. The summed E-state index contributed by atoms with van der Waals surface area (Å²) in [5.74, 6) is -0.0539. The lowest BCUT2D eigenvalue weighted by Gasteiger charge is -2.24. The third-order valence-corrected chi connectivity index (χ3v) is 4.99. The lowest BCUT2D eigenvalue weighted by atomic mass is 10.1. The van der Waals surface area contributed by atoms with Gasteiger partial charge in [-0.25, -0.2) is 0 Å². The fourth-order valence-electron chi connectivity index (χ4n) is 3.66. The maximum Gasteiger partial charge on any atom is 0.269 e. The number of nitrogens with one attached hydrogen (secondary N) is 1. The molecule has 1 aliphatic rings. The average molecular weight is 386 g/mol. The van der Waals surface area contributed by atoms with E-state index in [2.05, 4.69) is 26.4 Å². The largest absolute Gasteiger partial charge is 0.380 e. The highest BCUT2D eigenvalue weighted by Gasteiger charge is 2.22. The fourth-order valence-corrected chi connectivity index (χ4v) is 3.66. The number of aromatic nitrogens is 3. The molecule has 1 saturated heterocycles. The summed E-state index contributed by atoms with van der Waals surface area (Å²) in [6.07, 6.45) is 5.09. The van der Waals surface area contributed by atoms with Gasteiger partial charge in [0.2, 0.25) is 0 Å². The van der Waals surface area contributed by atoms with E-state index in [0.717, 1.165) is 50.3 Å². The van der Waals surface area contributed by atoms with Crippen LogP contribution in [0.2, 0.25) is 0 Å². The molecule has 1 aliphatic heterocycles. The Balaban J connectivity index is 1.61. The summed E-state index contributed by atoms with van der Waals surface area (Å²) in [5, 5.41) is 7.68. The third-order valence-electron chi connectivity index (χ3n) is 4.99. The molecule has 1 fully saturated rings. The molecule has 7 nitrogen and oxygen atoms in total. The standard InChI is InChI=1S/C21H31N5O2/c1-3-28-13-12-26-20(14-17(2)24-26)21(27)23-19-9-5-7-11-25(16-19)15-18-8-4-6-10-22-18/h4,6,8,10,14,19H,3,5,7,9,11-13,15-16H2,1-2H3,(H,23,27)/t19-/m1/s1. The first-order chi connectivity index (χ1) is 13.7. The van der Waals surface area contributed by atoms with Gasteiger partial charge in [-0.3, -0.25) is 19.4 Å². The van der Waals surface area contributed by atoms with Crippen LogP contribution >= 0.6 is 0 Å². The van der Waals surface area contributed by atoms with E-state index in [9.17, 15) is 4.79 Å². The zero-order valence-corrected chi connectivity index (χ0v) is 16.9. The minimum atomic E-state index is -0.0539. The first-order valence-electron chi connectivity index (χ1n) is 10.2. The predicted octanol–water partition coefficient (Wildman–Crippen LogP) is 2.41. The molecule has 152 valence electrons. The second-order valence-corrected chi connectivity index (χ2v) is 7.31. The van der Waals surface area contributed by atoms with E-state index < -0.39 is 0 Å². The van der Waals surface area contributed by atoms with Crippen LogP contribution in [0.5, 0.6) is 0 Å². The Hall–Kier alpha value is -2.25. The Bertz CT molecular complexity index is 747. The molecule has 3 heterocycles. The van der Waals surface area contributed by atoms with E-state index in [1.54, 1.807) is 4.68 Å². The number of nitrogens with zero attached hydrogens (tertiary/aromatic N) is 4. The van der Waals surface area contributed by atoms with Crippen LogP contribution in [0, 0.1) is 6.92 Å². The molecule has 0 unspecified atom stereocenters. The monoisotopic (exact) mass is 385 g/mol. The minimum absolute atomic E-state index is 0.0539. The van der Waals surface area contributed by atoms with Gasteiger partial charge in [-0.2, -0.15) is 5.10 Å². The van der Waals surface area contributed by atoms with Crippen molar-refractivity contribution in [2.24, 2.45) is 0 Å². The highest BCUT2D eigenvalue weighted by atomic mass is 16.5. The normalized spacial score (nSPS) is 18.0. The van der Waals surface area contributed by atoms with Crippen molar-refractivity contribution in [2.45, 2.75) is 52.2 Å². The molecular weight excluding hydrogens is 354 g/mol. The van der Waals surface area contributed by atoms with Crippen LogP contribution in [-0.4, -0.2) is 57.9 Å². The second-order valence-electron chi connectivity index (χ2n) is 7.31. The van der Waals surface area contributed by atoms with Crippen molar-refractivity contribution in [3.63, 3.8) is 0 Å². The van der Waals surface area contributed by atoms with Gasteiger partial charge in [0.05, 0.1) is 24.5 Å². The Morgan fingerprint density at radius 2 is 2.25 bits per heavy atom. The molecule has 0 bridgehead atoms. The minimum Gasteiger partial charge on any atom is -0.380 e. The van der Waals surface area contributed by atoms with Crippen LogP contribution in [0.25, 0.3) is 0 Å². The fraction of sp³-hybridized carbons (Fsp3) is 0.571. The van der Waals surface area contributed by atoms with E-state index in [0.29, 0.717) is 25.5 Å². The van der Waals surface area contributed by atoms with Crippen LogP contribution in [0.4, 0.5) is 0 Å². The Morgan fingerprint density at radius 3 is 3.04 bits per heavy atom. The highest BCUT2D eigenvalue weighted by molar-refractivity contribution is 5.92. The molecule has 1 atom stereocenters. The predicted molar refractivity (Wildman–Crippen MR) is 108 cm³/mol. The summed E-state index contributed by atoms with van der Waals surface area (Å²) in [5.41, 5.74) is 2.52. The maximum absolute atomic E-state index is 12.9. The van der Waals surface area contributed by atoms with E-state index in [4.69, 9.17) is 4.74 Å². The average Bonchev–Trinajstić information content (AvgIpc) is 2.92. The molecule has 2 aromatic rings. The van der Waals surface area contributed by atoms with E-state index in [1.807, 2.05) is 38.2 Å². The SMILES string of the molecule is CCOCCn1nc(C)cc1C(=O)N[C@@H]1CCCCN(Cc2ccccn2)C1. The van der Waals surface area contributed by atoms with Crippen LogP contribution < -0.4 is 5.32 Å². The van der Waals surface area contributed by atoms with Gasteiger partial charge in [-0.05, 0) is 51.4 Å². The molecular formula is C21H31N5O2. The van der Waals surface area contributed by atoms with Gasteiger partial charge in [0.15, 0.2) is 0 Å². The first-order valence-corrected chi connectivity index (χ1v) is 10.2. The molecule has 0 aliphatic carbocycles. The third kappa shape index (κ3) is 5.87. The van der Waals surface area contributed by atoms with Gasteiger partial charge in [0.25, 0.3) is 5.91 Å². The first kappa shape index (κ1) is 20.5. The smallest absolute Gasteiger partial charge is 0.269 e.